The predicted octanol–water partition coefficient (Wildman–Crippen LogP) is 5.86. The van der Waals surface area contributed by atoms with E-state index in [2.05, 4.69) is 24.2 Å². The van der Waals surface area contributed by atoms with Crippen LogP contribution in [0.15, 0.2) is 4.99 Å². The minimum Gasteiger partial charge on any atom is -0.361 e. The fourth-order valence-electron chi connectivity index (χ4n) is 5.71. The van der Waals surface area contributed by atoms with Gasteiger partial charge in [0, 0.05) is 6.04 Å². The van der Waals surface area contributed by atoms with Gasteiger partial charge in [0.2, 0.25) is 5.84 Å². The summed E-state index contributed by atoms with van der Waals surface area (Å²) in [5.41, 5.74) is 0.156. The molecule has 3 rings (SSSR count). The van der Waals surface area contributed by atoms with Crippen molar-refractivity contribution in [1.82, 2.24) is 5.32 Å². The van der Waals surface area contributed by atoms with Gasteiger partial charge in [0.25, 0.3) is 0 Å². The number of hydrogen-bond acceptors (Lipinski definition) is 2. The van der Waals surface area contributed by atoms with Crippen LogP contribution in [0.25, 0.3) is 0 Å². The molecule has 3 aliphatic rings. The standard InChI is InChI=1S/C20H33F3N2/c1-14(2)19(15-9-6-4-3-5-7-10-15)12-8-11-16-17(13-19)25-18(24-16)20(21,22)23/h14-17H,3-13H2,1-2H3,(H,24,25). The third-order valence-electron chi connectivity index (χ3n) is 7.16. The number of rotatable bonds is 2. The summed E-state index contributed by atoms with van der Waals surface area (Å²) in [6.45, 7) is 4.58. The highest BCUT2D eigenvalue weighted by molar-refractivity contribution is 5.89. The highest BCUT2D eigenvalue weighted by Gasteiger charge is 2.50. The molecule has 0 aromatic carbocycles. The zero-order valence-corrected chi connectivity index (χ0v) is 15.7. The van der Waals surface area contributed by atoms with Crippen molar-refractivity contribution in [3.8, 4) is 0 Å². The average molecular weight is 358 g/mol. The van der Waals surface area contributed by atoms with Crippen molar-refractivity contribution in [2.45, 2.75) is 103 Å². The average Bonchev–Trinajstić information content (AvgIpc) is 2.80. The number of hydrogen-bond donors (Lipinski definition) is 1. The van der Waals surface area contributed by atoms with E-state index in [0.717, 1.165) is 25.7 Å². The molecule has 3 atom stereocenters. The van der Waals surface area contributed by atoms with Crippen molar-refractivity contribution >= 4 is 5.84 Å². The molecule has 2 nitrogen and oxygen atoms in total. The van der Waals surface area contributed by atoms with Crippen molar-refractivity contribution in [3.05, 3.63) is 0 Å². The lowest BCUT2D eigenvalue weighted by atomic mass is 9.59. The minimum atomic E-state index is -4.34. The summed E-state index contributed by atoms with van der Waals surface area (Å²) in [4.78, 5) is 4.14. The summed E-state index contributed by atoms with van der Waals surface area (Å²) < 4.78 is 39.3. The van der Waals surface area contributed by atoms with Crippen molar-refractivity contribution in [1.29, 1.82) is 0 Å². The Balaban J connectivity index is 1.84. The van der Waals surface area contributed by atoms with Gasteiger partial charge in [-0.05, 0) is 49.4 Å². The van der Waals surface area contributed by atoms with Crippen LogP contribution in [0.1, 0.15) is 84.5 Å². The molecule has 2 aliphatic carbocycles. The molecule has 2 saturated carbocycles. The van der Waals surface area contributed by atoms with Crippen molar-refractivity contribution in [2.75, 3.05) is 0 Å². The molecule has 1 N–H and O–H groups in total. The van der Waals surface area contributed by atoms with E-state index in [0.29, 0.717) is 11.8 Å². The molecule has 2 fully saturated rings. The highest BCUT2D eigenvalue weighted by Crippen LogP contribution is 2.52. The Bertz CT molecular complexity index is 478. The molecule has 0 spiro atoms. The lowest BCUT2D eigenvalue weighted by Gasteiger charge is -2.46. The van der Waals surface area contributed by atoms with Gasteiger partial charge in [-0.25, -0.2) is 0 Å². The van der Waals surface area contributed by atoms with Gasteiger partial charge in [0.1, 0.15) is 0 Å². The van der Waals surface area contributed by atoms with Gasteiger partial charge in [-0.2, -0.15) is 13.2 Å². The summed E-state index contributed by atoms with van der Waals surface area (Å²) in [6, 6.07) is -0.322. The first-order chi connectivity index (χ1) is 11.8. The van der Waals surface area contributed by atoms with E-state index < -0.39 is 12.0 Å². The lowest BCUT2D eigenvalue weighted by molar-refractivity contribution is -0.0614. The first-order valence-electron chi connectivity index (χ1n) is 10.2. The van der Waals surface area contributed by atoms with Crippen molar-refractivity contribution in [2.24, 2.45) is 22.2 Å². The summed E-state index contributed by atoms with van der Waals surface area (Å²) in [7, 11) is 0. The normalized spacial score (nSPS) is 35.4. The van der Waals surface area contributed by atoms with Gasteiger partial charge >= 0.3 is 6.18 Å². The zero-order valence-electron chi connectivity index (χ0n) is 15.7. The van der Waals surface area contributed by atoms with Crippen LogP contribution >= 0.6 is 0 Å². The van der Waals surface area contributed by atoms with E-state index in [1.54, 1.807) is 0 Å². The van der Waals surface area contributed by atoms with E-state index in [-0.39, 0.29) is 17.5 Å². The minimum absolute atomic E-state index is 0.120. The molecule has 1 heterocycles. The monoisotopic (exact) mass is 358 g/mol. The quantitative estimate of drug-likeness (QED) is 0.656. The molecule has 0 radical (unpaired) electrons. The summed E-state index contributed by atoms with van der Waals surface area (Å²) in [5, 5.41) is 2.70. The molecule has 0 aromatic heterocycles. The predicted molar refractivity (Wildman–Crippen MR) is 95.7 cm³/mol. The Hall–Kier alpha value is -0.740. The number of alkyl halides is 3. The Kier molecular flexibility index (Phi) is 5.69. The maximum absolute atomic E-state index is 13.1. The second kappa shape index (κ2) is 7.48. The van der Waals surface area contributed by atoms with Crippen LogP contribution in [0.2, 0.25) is 0 Å². The number of amidine groups is 1. The molecular formula is C20H33F3N2. The van der Waals surface area contributed by atoms with Crippen LogP contribution in [0.4, 0.5) is 13.2 Å². The lowest BCUT2D eigenvalue weighted by Crippen LogP contribution is -2.42. The van der Waals surface area contributed by atoms with Gasteiger partial charge in [-0.3, -0.25) is 4.99 Å². The molecule has 1 aliphatic heterocycles. The first kappa shape index (κ1) is 19.0. The number of fused-ring (bicyclic) bond motifs is 1. The first-order valence-corrected chi connectivity index (χ1v) is 10.2. The van der Waals surface area contributed by atoms with Gasteiger partial charge < -0.3 is 5.32 Å². The number of nitrogens with one attached hydrogen (secondary N) is 1. The molecule has 25 heavy (non-hydrogen) atoms. The molecule has 3 unspecified atom stereocenters. The topological polar surface area (TPSA) is 24.4 Å². The second-order valence-electron chi connectivity index (χ2n) is 8.82. The Morgan fingerprint density at radius 2 is 1.64 bits per heavy atom. The Morgan fingerprint density at radius 1 is 1.00 bits per heavy atom. The van der Waals surface area contributed by atoms with Crippen LogP contribution in [0.5, 0.6) is 0 Å². The van der Waals surface area contributed by atoms with Gasteiger partial charge in [-0.1, -0.05) is 52.4 Å². The Morgan fingerprint density at radius 3 is 2.24 bits per heavy atom. The van der Waals surface area contributed by atoms with E-state index in [4.69, 9.17) is 0 Å². The molecule has 0 saturated heterocycles. The molecule has 5 heteroatoms. The Labute approximate surface area is 150 Å². The maximum atomic E-state index is 13.1. The second-order valence-corrected chi connectivity index (χ2v) is 8.82. The van der Waals surface area contributed by atoms with E-state index in [1.165, 1.54) is 44.9 Å². The zero-order chi connectivity index (χ0) is 18.1. The fraction of sp³-hybridized carbons (Fsp3) is 0.950. The van der Waals surface area contributed by atoms with Crippen molar-refractivity contribution < 1.29 is 13.2 Å². The molecule has 0 bridgehead atoms. The summed E-state index contributed by atoms with van der Waals surface area (Å²) >= 11 is 0. The number of nitrogens with zero attached hydrogens (tertiary/aromatic N) is 1. The summed E-state index contributed by atoms with van der Waals surface area (Å²) in [5.74, 6) is 0.414. The van der Waals surface area contributed by atoms with Crippen LogP contribution in [0.3, 0.4) is 0 Å². The molecule has 0 amide bonds. The van der Waals surface area contributed by atoms with Gasteiger partial charge in [0.15, 0.2) is 0 Å². The third kappa shape index (κ3) is 4.00. The number of halogens is 3. The van der Waals surface area contributed by atoms with E-state index in [9.17, 15) is 13.2 Å². The van der Waals surface area contributed by atoms with Gasteiger partial charge in [-0.15, -0.1) is 0 Å². The fourth-order valence-corrected chi connectivity index (χ4v) is 5.71. The maximum Gasteiger partial charge on any atom is 0.448 e. The smallest absolute Gasteiger partial charge is 0.361 e. The van der Waals surface area contributed by atoms with Crippen LogP contribution in [-0.4, -0.2) is 24.1 Å². The highest BCUT2D eigenvalue weighted by atomic mass is 19.4. The molecule has 0 aromatic rings. The van der Waals surface area contributed by atoms with Gasteiger partial charge in [0.05, 0.1) is 6.04 Å². The molecular weight excluding hydrogens is 325 g/mol. The van der Waals surface area contributed by atoms with Crippen LogP contribution in [-0.2, 0) is 0 Å². The molecule has 144 valence electrons. The van der Waals surface area contributed by atoms with Crippen molar-refractivity contribution in [3.63, 3.8) is 0 Å². The van der Waals surface area contributed by atoms with Crippen LogP contribution in [0, 0.1) is 17.3 Å². The van der Waals surface area contributed by atoms with Crippen LogP contribution < -0.4 is 5.32 Å². The number of aliphatic imine (C=N–C) groups is 1. The van der Waals surface area contributed by atoms with E-state index >= 15 is 0 Å². The SMILES string of the molecule is CC(C)C1(C2CCCCCCC2)CCCC2NC(C(F)(F)F)=NC2C1. The largest absolute Gasteiger partial charge is 0.448 e. The summed E-state index contributed by atoms with van der Waals surface area (Å²) in [6.07, 6.45) is 8.50. The van der Waals surface area contributed by atoms with E-state index in [1.807, 2.05) is 0 Å². The third-order valence-corrected chi connectivity index (χ3v) is 7.16.